The lowest BCUT2D eigenvalue weighted by Crippen LogP contribution is -2.40. The summed E-state index contributed by atoms with van der Waals surface area (Å²) in [5.74, 6) is 1.07. The number of aliphatic hydroxyl groups excluding tert-OH is 1. The van der Waals surface area contributed by atoms with Crippen molar-refractivity contribution in [3.63, 3.8) is 0 Å². The minimum Gasteiger partial charge on any atom is -0.392 e. The van der Waals surface area contributed by atoms with Gasteiger partial charge in [-0.25, -0.2) is 0 Å². The minimum absolute atomic E-state index is 0.0275. The van der Waals surface area contributed by atoms with Crippen molar-refractivity contribution in [3.05, 3.63) is 53.3 Å². The molecule has 3 aliphatic heterocycles. The van der Waals surface area contributed by atoms with E-state index in [1.807, 2.05) is 47.1 Å². The molecule has 0 saturated carbocycles. The minimum atomic E-state index is -0.138. The molecule has 0 aliphatic carbocycles. The third-order valence-corrected chi connectivity index (χ3v) is 7.43. The number of ether oxygens (including phenoxy) is 1. The van der Waals surface area contributed by atoms with Gasteiger partial charge in [-0.2, -0.15) is 5.10 Å². The zero-order valence-electron chi connectivity index (χ0n) is 18.4. The van der Waals surface area contributed by atoms with Gasteiger partial charge < -0.3 is 19.6 Å². The Morgan fingerprint density at radius 2 is 2.06 bits per heavy atom. The van der Waals surface area contributed by atoms with Crippen LogP contribution in [0.5, 0.6) is 0 Å². The number of carbonyl (C=O) groups excluding carboxylic acids is 1. The number of amides is 1. The first-order valence-electron chi connectivity index (χ1n) is 11.3. The first-order chi connectivity index (χ1) is 15.0. The number of benzene rings is 1. The van der Waals surface area contributed by atoms with Gasteiger partial charge in [-0.3, -0.25) is 9.48 Å². The van der Waals surface area contributed by atoms with Crippen LogP contribution in [0.4, 0.5) is 0 Å². The molecule has 1 spiro atoms. The molecule has 2 bridgehead atoms. The maximum atomic E-state index is 13.0. The predicted octanol–water partition coefficient (Wildman–Crippen LogP) is 1.59. The van der Waals surface area contributed by atoms with E-state index in [0.717, 1.165) is 50.1 Å². The second kappa shape index (κ2) is 8.04. The number of likely N-dealkylation sites (tertiary alicyclic amines) is 1. The molecule has 1 aromatic carbocycles. The number of fused-ring (bicyclic) bond motifs is 1. The maximum Gasteiger partial charge on any atom is 0.227 e. The predicted molar refractivity (Wildman–Crippen MR) is 116 cm³/mol. The molecule has 31 heavy (non-hydrogen) atoms. The number of carbonyl (C=O) groups is 1. The largest absolute Gasteiger partial charge is 0.392 e. The number of nitrogens with zero attached hydrogens (tertiary/aromatic N) is 4. The number of aromatic nitrogens is 2. The van der Waals surface area contributed by atoms with E-state index >= 15 is 0 Å². The smallest absolute Gasteiger partial charge is 0.227 e. The number of rotatable bonds is 7. The molecule has 1 N–H and O–H groups in total. The third kappa shape index (κ3) is 3.90. The Labute approximate surface area is 183 Å². The molecule has 2 aromatic rings. The van der Waals surface area contributed by atoms with Crippen LogP contribution in [-0.2, 0) is 36.2 Å². The second-order valence-electron chi connectivity index (χ2n) is 9.67. The van der Waals surface area contributed by atoms with Crippen molar-refractivity contribution in [2.24, 2.45) is 18.9 Å². The number of aliphatic hydroxyl groups is 1. The van der Waals surface area contributed by atoms with Crippen molar-refractivity contribution in [1.29, 1.82) is 0 Å². The number of hydrogen-bond donors (Lipinski definition) is 1. The van der Waals surface area contributed by atoms with E-state index in [1.54, 1.807) is 0 Å². The summed E-state index contributed by atoms with van der Waals surface area (Å²) in [4.78, 5) is 17.4. The van der Waals surface area contributed by atoms with Gasteiger partial charge in [-0.05, 0) is 31.0 Å². The van der Waals surface area contributed by atoms with E-state index in [-0.39, 0.29) is 18.1 Å². The van der Waals surface area contributed by atoms with Crippen LogP contribution in [0.25, 0.3) is 0 Å². The summed E-state index contributed by atoms with van der Waals surface area (Å²) >= 11 is 0. The van der Waals surface area contributed by atoms with Gasteiger partial charge in [0.25, 0.3) is 0 Å². The summed E-state index contributed by atoms with van der Waals surface area (Å²) in [6.45, 7) is 3.42. The number of hydrogen-bond acceptors (Lipinski definition) is 5. The average Bonchev–Trinajstić information content (AvgIpc) is 3.50. The molecule has 7 nitrogen and oxygen atoms in total. The lowest BCUT2D eigenvalue weighted by Gasteiger charge is -2.31. The Bertz CT molecular complexity index is 943. The van der Waals surface area contributed by atoms with Crippen molar-refractivity contribution in [3.8, 4) is 0 Å². The molecular formula is C24H32N4O3. The van der Waals surface area contributed by atoms with Crippen molar-refractivity contribution < 1.29 is 14.6 Å². The normalized spacial score (nSPS) is 29.2. The molecule has 5 rings (SSSR count). The monoisotopic (exact) mass is 424 g/mol. The highest BCUT2D eigenvalue weighted by Crippen LogP contribution is 2.55. The van der Waals surface area contributed by atoms with Crippen LogP contribution in [0.15, 0.2) is 36.7 Å². The van der Waals surface area contributed by atoms with Crippen LogP contribution in [0, 0.1) is 11.8 Å². The fourth-order valence-corrected chi connectivity index (χ4v) is 5.96. The molecule has 0 unspecified atom stereocenters. The lowest BCUT2D eigenvalue weighted by atomic mass is 9.73. The van der Waals surface area contributed by atoms with Crippen LogP contribution in [-0.4, -0.2) is 69.0 Å². The van der Waals surface area contributed by atoms with Crippen LogP contribution in [0.2, 0.25) is 0 Å². The van der Waals surface area contributed by atoms with Gasteiger partial charge in [0.05, 0.1) is 37.5 Å². The fraction of sp³-hybridized carbons (Fsp3) is 0.583. The van der Waals surface area contributed by atoms with Crippen molar-refractivity contribution in [1.82, 2.24) is 19.6 Å². The molecule has 3 fully saturated rings. The lowest BCUT2D eigenvalue weighted by molar-refractivity contribution is -0.131. The van der Waals surface area contributed by atoms with Gasteiger partial charge in [0, 0.05) is 50.3 Å². The van der Waals surface area contributed by atoms with E-state index in [2.05, 4.69) is 23.2 Å². The standard InChI is InChI=1S/C24H32N4O3/c1-26(11-19-10-25-27(2)12-19)13-20-21-14-28(16-24(21)8-7-22(20)31-24)23(30)9-17-3-5-18(15-29)6-4-17/h3-6,10,12,20-22,29H,7-9,11,13-16H2,1-2H3/t20-,21+,22+,24+/m0/s1. The highest BCUT2D eigenvalue weighted by atomic mass is 16.5. The zero-order valence-corrected chi connectivity index (χ0v) is 18.4. The quantitative estimate of drug-likeness (QED) is 0.731. The molecule has 1 aromatic heterocycles. The highest BCUT2D eigenvalue weighted by molar-refractivity contribution is 5.79. The molecule has 7 heteroatoms. The number of aryl methyl sites for hydroxylation is 1. The Kier molecular flexibility index (Phi) is 5.36. The van der Waals surface area contributed by atoms with E-state index in [1.165, 1.54) is 5.56 Å². The van der Waals surface area contributed by atoms with E-state index in [0.29, 0.717) is 24.4 Å². The van der Waals surface area contributed by atoms with Crippen molar-refractivity contribution in [2.75, 3.05) is 26.7 Å². The summed E-state index contributed by atoms with van der Waals surface area (Å²) in [6, 6.07) is 7.66. The van der Waals surface area contributed by atoms with Crippen LogP contribution >= 0.6 is 0 Å². The molecule has 166 valence electrons. The van der Waals surface area contributed by atoms with Gasteiger partial charge in [0.2, 0.25) is 5.91 Å². The van der Waals surface area contributed by atoms with E-state index in [4.69, 9.17) is 4.74 Å². The topological polar surface area (TPSA) is 70.8 Å². The van der Waals surface area contributed by atoms with Gasteiger partial charge in [0.1, 0.15) is 0 Å². The fourth-order valence-electron chi connectivity index (χ4n) is 5.96. The summed E-state index contributed by atoms with van der Waals surface area (Å²) in [5.41, 5.74) is 2.95. The molecule has 3 aliphatic rings. The summed E-state index contributed by atoms with van der Waals surface area (Å²) in [5, 5.41) is 13.5. The molecule has 0 radical (unpaired) electrons. The molecule has 3 saturated heterocycles. The average molecular weight is 425 g/mol. The van der Waals surface area contributed by atoms with Gasteiger partial charge in [-0.1, -0.05) is 24.3 Å². The molecular weight excluding hydrogens is 392 g/mol. The Morgan fingerprint density at radius 3 is 2.77 bits per heavy atom. The second-order valence-corrected chi connectivity index (χ2v) is 9.67. The molecule has 4 atom stereocenters. The van der Waals surface area contributed by atoms with E-state index < -0.39 is 0 Å². The zero-order chi connectivity index (χ0) is 21.6. The van der Waals surface area contributed by atoms with Crippen molar-refractivity contribution >= 4 is 5.91 Å². The Hall–Kier alpha value is -2.22. The third-order valence-electron chi connectivity index (χ3n) is 7.43. The highest BCUT2D eigenvalue weighted by Gasteiger charge is 2.63. The SMILES string of the molecule is CN(Cc1cnn(C)c1)C[C@H]1[C@H]2CN(C(=O)Cc3ccc(CO)cc3)C[C@]23CC[C@H]1O3. The Balaban J connectivity index is 1.22. The molecule has 1 amide bonds. The summed E-state index contributed by atoms with van der Waals surface area (Å²) in [6.07, 6.45) is 6.90. The van der Waals surface area contributed by atoms with Crippen molar-refractivity contribution in [2.45, 2.75) is 44.1 Å². The van der Waals surface area contributed by atoms with Gasteiger partial charge in [-0.15, -0.1) is 0 Å². The van der Waals surface area contributed by atoms with Crippen LogP contribution in [0.3, 0.4) is 0 Å². The molecule has 4 heterocycles. The maximum absolute atomic E-state index is 13.0. The van der Waals surface area contributed by atoms with Crippen LogP contribution < -0.4 is 0 Å². The summed E-state index contributed by atoms with van der Waals surface area (Å²) < 4.78 is 8.39. The van der Waals surface area contributed by atoms with Gasteiger partial charge >= 0.3 is 0 Å². The first-order valence-corrected chi connectivity index (χ1v) is 11.3. The Morgan fingerprint density at radius 1 is 1.29 bits per heavy atom. The summed E-state index contributed by atoms with van der Waals surface area (Å²) in [7, 11) is 4.11. The first kappa shape index (κ1) is 20.7. The van der Waals surface area contributed by atoms with E-state index in [9.17, 15) is 9.90 Å². The van der Waals surface area contributed by atoms with Crippen LogP contribution in [0.1, 0.15) is 29.5 Å². The van der Waals surface area contributed by atoms with Gasteiger partial charge in [0.15, 0.2) is 0 Å².